The van der Waals surface area contributed by atoms with Crippen LogP contribution in [0.4, 0.5) is 4.39 Å². The van der Waals surface area contributed by atoms with Crippen molar-refractivity contribution >= 4 is 5.97 Å². The Balaban J connectivity index is 1.79. The fourth-order valence-electron chi connectivity index (χ4n) is 2.88. The predicted molar refractivity (Wildman–Crippen MR) is 53.0 cm³/mol. The van der Waals surface area contributed by atoms with Crippen LogP contribution in [-0.4, -0.2) is 34.7 Å². The average Bonchev–Trinajstić information content (AvgIpc) is 2.70. The van der Waals surface area contributed by atoms with Crippen molar-refractivity contribution in [2.45, 2.75) is 38.1 Å². The SMILES string of the molecule is CC(O)(F)C(=O)OCC1CC2CC1CC2O. The Hall–Kier alpha value is -0.680. The molecule has 5 heteroatoms. The van der Waals surface area contributed by atoms with E-state index in [0.29, 0.717) is 11.8 Å². The molecule has 0 amide bonds. The van der Waals surface area contributed by atoms with Crippen molar-refractivity contribution in [3.63, 3.8) is 0 Å². The van der Waals surface area contributed by atoms with Gasteiger partial charge < -0.3 is 14.9 Å². The van der Waals surface area contributed by atoms with E-state index in [2.05, 4.69) is 0 Å². The molecule has 2 fully saturated rings. The first-order chi connectivity index (χ1) is 7.38. The van der Waals surface area contributed by atoms with Gasteiger partial charge in [-0.05, 0) is 37.0 Å². The lowest BCUT2D eigenvalue weighted by atomic mass is 9.88. The molecule has 5 atom stereocenters. The van der Waals surface area contributed by atoms with Gasteiger partial charge in [0.2, 0.25) is 0 Å². The van der Waals surface area contributed by atoms with Gasteiger partial charge in [0, 0.05) is 6.92 Å². The monoisotopic (exact) mass is 232 g/mol. The van der Waals surface area contributed by atoms with Gasteiger partial charge in [-0.2, -0.15) is 4.39 Å². The molecule has 2 N–H and O–H groups in total. The lowest BCUT2D eigenvalue weighted by Crippen LogP contribution is -2.34. The minimum atomic E-state index is -2.91. The van der Waals surface area contributed by atoms with Gasteiger partial charge in [0.1, 0.15) is 0 Å². The van der Waals surface area contributed by atoms with Crippen LogP contribution in [-0.2, 0) is 9.53 Å². The van der Waals surface area contributed by atoms with E-state index in [9.17, 15) is 14.3 Å². The number of alkyl halides is 1. The van der Waals surface area contributed by atoms with Crippen molar-refractivity contribution in [1.82, 2.24) is 0 Å². The number of aliphatic hydroxyl groups excluding tert-OH is 1. The fourth-order valence-corrected chi connectivity index (χ4v) is 2.88. The molecule has 0 radical (unpaired) electrons. The molecule has 92 valence electrons. The molecule has 0 heterocycles. The van der Waals surface area contributed by atoms with Crippen molar-refractivity contribution in [2.75, 3.05) is 6.61 Å². The predicted octanol–water partition coefficient (Wildman–Crippen LogP) is 0.615. The number of carbonyl (C=O) groups is 1. The van der Waals surface area contributed by atoms with E-state index in [-0.39, 0.29) is 18.6 Å². The first kappa shape index (κ1) is 11.8. The van der Waals surface area contributed by atoms with Gasteiger partial charge in [-0.3, -0.25) is 0 Å². The van der Waals surface area contributed by atoms with Gasteiger partial charge in [-0.1, -0.05) is 0 Å². The van der Waals surface area contributed by atoms with Crippen LogP contribution in [0.3, 0.4) is 0 Å². The molecule has 16 heavy (non-hydrogen) atoms. The summed E-state index contributed by atoms with van der Waals surface area (Å²) in [6, 6.07) is 0. The zero-order chi connectivity index (χ0) is 11.9. The van der Waals surface area contributed by atoms with Crippen molar-refractivity contribution in [3.05, 3.63) is 0 Å². The second-order valence-corrected chi connectivity index (χ2v) is 5.11. The molecule has 2 rings (SSSR count). The quantitative estimate of drug-likeness (QED) is 0.700. The zero-order valence-electron chi connectivity index (χ0n) is 9.23. The number of ether oxygens (including phenoxy) is 1. The van der Waals surface area contributed by atoms with E-state index in [1.165, 1.54) is 0 Å². The molecule has 0 saturated heterocycles. The Morgan fingerprint density at radius 1 is 1.44 bits per heavy atom. The van der Waals surface area contributed by atoms with Crippen molar-refractivity contribution in [1.29, 1.82) is 0 Å². The number of rotatable bonds is 3. The van der Waals surface area contributed by atoms with Gasteiger partial charge >= 0.3 is 11.8 Å². The molecule has 5 unspecified atom stereocenters. The lowest BCUT2D eigenvalue weighted by molar-refractivity contribution is -0.184. The minimum Gasteiger partial charge on any atom is -0.461 e. The van der Waals surface area contributed by atoms with Crippen molar-refractivity contribution in [3.8, 4) is 0 Å². The maximum absolute atomic E-state index is 12.7. The minimum absolute atomic E-state index is 0.146. The van der Waals surface area contributed by atoms with Gasteiger partial charge in [-0.15, -0.1) is 0 Å². The first-order valence-corrected chi connectivity index (χ1v) is 5.64. The van der Waals surface area contributed by atoms with Gasteiger partial charge in [-0.25, -0.2) is 4.79 Å². The first-order valence-electron chi connectivity index (χ1n) is 5.64. The number of fused-ring (bicyclic) bond motifs is 2. The van der Waals surface area contributed by atoms with E-state index < -0.39 is 11.8 Å². The van der Waals surface area contributed by atoms with Crippen LogP contribution in [0.2, 0.25) is 0 Å². The van der Waals surface area contributed by atoms with Crippen molar-refractivity contribution < 1.29 is 24.1 Å². The Kier molecular flexibility index (Phi) is 2.92. The van der Waals surface area contributed by atoms with Crippen LogP contribution in [0.15, 0.2) is 0 Å². The molecule has 0 aromatic rings. The number of halogens is 1. The van der Waals surface area contributed by atoms with Crippen LogP contribution in [0.5, 0.6) is 0 Å². The topological polar surface area (TPSA) is 66.8 Å². The third kappa shape index (κ3) is 2.20. The molecule has 2 aliphatic carbocycles. The molecule has 0 aromatic carbocycles. The van der Waals surface area contributed by atoms with Crippen LogP contribution in [0.25, 0.3) is 0 Å². The van der Waals surface area contributed by atoms with E-state index in [0.717, 1.165) is 26.2 Å². The highest BCUT2D eigenvalue weighted by atomic mass is 19.2. The van der Waals surface area contributed by atoms with E-state index in [4.69, 9.17) is 9.84 Å². The molecule has 2 aliphatic rings. The molecule has 0 aromatic heterocycles. The Morgan fingerprint density at radius 3 is 2.56 bits per heavy atom. The smallest absolute Gasteiger partial charge is 0.371 e. The summed E-state index contributed by atoms with van der Waals surface area (Å²) < 4.78 is 17.5. The van der Waals surface area contributed by atoms with Gasteiger partial charge in [0.05, 0.1) is 12.7 Å². The highest BCUT2D eigenvalue weighted by Crippen LogP contribution is 2.48. The van der Waals surface area contributed by atoms with Gasteiger partial charge in [0.15, 0.2) is 0 Å². The normalized spacial score (nSPS) is 40.8. The number of carbonyl (C=O) groups excluding carboxylic acids is 1. The fraction of sp³-hybridized carbons (Fsp3) is 0.909. The molecule has 0 aliphatic heterocycles. The van der Waals surface area contributed by atoms with Crippen LogP contribution >= 0.6 is 0 Å². The van der Waals surface area contributed by atoms with Crippen LogP contribution in [0.1, 0.15) is 26.2 Å². The zero-order valence-corrected chi connectivity index (χ0v) is 9.23. The van der Waals surface area contributed by atoms with E-state index >= 15 is 0 Å². The summed E-state index contributed by atoms with van der Waals surface area (Å²) in [6.07, 6.45) is 2.32. The summed E-state index contributed by atoms with van der Waals surface area (Å²) in [5.41, 5.74) is 0. The number of hydrogen-bond acceptors (Lipinski definition) is 4. The molecular weight excluding hydrogens is 215 g/mol. The largest absolute Gasteiger partial charge is 0.461 e. The maximum atomic E-state index is 12.7. The van der Waals surface area contributed by atoms with Crippen molar-refractivity contribution in [2.24, 2.45) is 17.8 Å². The number of hydrogen-bond donors (Lipinski definition) is 2. The number of esters is 1. The highest BCUT2D eigenvalue weighted by Gasteiger charge is 2.45. The van der Waals surface area contributed by atoms with Gasteiger partial charge in [0.25, 0.3) is 0 Å². The standard InChI is InChI=1S/C11H17FO4/c1-11(12,15)10(14)16-5-8-3-7-2-6(8)4-9(7)13/h6-9,13,15H,2-5H2,1H3. The Morgan fingerprint density at radius 2 is 2.12 bits per heavy atom. The van der Waals surface area contributed by atoms with E-state index in [1.807, 2.05) is 0 Å². The summed E-state index contributed by atoms with van der Waals surface area (Å²) in [5.74, 6) is -3.25. The molecule has 0 spiro atoms. The summed E-state index contributed by atoms with van der Waals surface area (Å²) in [4.78, 5) is 11.0. The average molecular weight is 232 g/mol. The molecular formula is C11H17FO4. The summed E-state index contributed by atoms with van der Waals surface area (Å²) >= 11 is 0. The third-order valence-corrected chi connectivity index (χ3v) is 3.77. The lowest BCUT2D eigenvalue weighted by Gasteiger charge is -2.25. The summed E-state index contributed by atoms with van der Waals surface area (Å²) in [5, 5.41) is 18.3. The molecule has 2 bridgehead atoms. The Labute approximate surface area is 93.4 Å². The second kappa shape index (κ2) is 3.96. The number of aliphatic hydroxyl groups is 2. The summed E-state index contributed by atoms with van der Waals surface area (Å²) in [7, 11) is 0. The summed E-state index contributed by atoms with van der Waals surface area (Å²) in [6.45, 7) is 0.909. The molecule has 4 nitrogen and oxygen atoms in total. The van der Waals surface area contributed by atoms with E-state index in [1.54, 1.807) is 0 Å². The highest BCUT2D eigenvalue weighted by molar-refractivity contribution is 5.76. The second-order valence-electron chi connectivity index (χ2n) is 5.11. The maximum Gasteiger partial charge on any atom is 0.371 e. The van der Waals surface area contributed by atoms with Crippen LogP contribution < -0.4 is 0 Å². The molecule has 2 saturated carbocycles. The Bertz CT molecular complexity index is 284. The van der Waals surface area contributed by atoms with Crippen LogP contribution in [0, 0.1) is 17.8 Å². The third-order valence-electron chi connectivity index (χ3n) is 3.77.